The van der Waals surface area contributed by atoms with Gasteiger partial charge in [0.1, 0.15) is 5.76 Å². The molecule has 5 nitrogen and oxygen atoms in total. The van der Waals surface area contributed by atoms with Crippen LogP contribution >= 0.6 is 33.9 Å². The molecule has 2 amide bonds. The second kappa shape index (κ2) is 7.98. The summed E-state index contributed by atoms with van der Waals surface area (Å²) in [5.41, 5.74) is 0.703. The number of carbonyl (C=O) groups excluding carboxylic acids is 2. The van der Waals surface area contributed by atoms with Crippen LogP contribution in [0.1, 0.15) is 29.0 Å². The van der Waals surface area contributed by atoms with Gasteiger partial charge in [0.15, 0.2) is 3.77 Å². The highest BCUT2D eigenvalue weighted by Crippen LogP contribution is 2.15. The van der Waals surface area contributed by atoms with E-state index < -0.39 is 0 Å². The summed E-state index contributed by atoms with van der Waals surface area (Å²) in [7, 11) is 0. The van der Waals surface area contributed by atoms with Crippen LogP contribution in [0.25, 0.3) is 6.08 Å². The lowest BCUT2D eigenvalue weighted by molar-refractivity contribution is -0.127. The second-order valence-corrected chi connectivity index (χ2v) is 7.40. The first-order valence-corrected chi connectivity index (χ1v) is 9.69. The molecule has 1 N–H and O–H groups in total. The van der Waals surface area contributed by atoms with Gasteiger partial charge < -0.3 is 14.6 Å². The van der Waals surface area contributed by atoms with Crippen LogP contribution in [-0.4, -0.2) is 35.8 Å². The number of nitrogens with zero attached hydrogens (tertiary/aromatic N) is 1. The molecule has 1 aliphatic rings. The largest absolute Gasteiger partial charge is 0.451 e. The Labute approximate surface area is 157 Å². The van der Waals surface area contributed by atoms with Crippen molar-refractivity contribution in [2.24, 2.45) is 0 Å². The summed E-state index contributed by atoms with van der Waals surface area (Å²) in [5.74, 6) is 0.614. The number of hydrogen-bond acceptors (Lipinski definition) is 4. The summed E-state index contributed by atoms with van der Waals surface area (Å²) in [5, 5.41) is 6.77. The SMILES string of the molecule is O=C(NC1CCN(C(=O)C=Cc2ccc(I)o2)CC1)c1ccsc1. The molecular weight excluding hydrogens is 439 g/mol. The maximum absolute atomic E-state index is 12.2. The van der Waals surface area contributed by atoms with Gasteiger partial charge in [0, 0.05) is 36.2 Å². The summed E-state index contributed by atoms with van der Waals surface area (Å²) < 4.78 is 6.19. The minimum atomic E-state index is -0.0339. The minimum absolute atomic E-state index is 0.0241. The summed E-state index contributed by atoms with van der Waals surface area (Å²) in [6.07, 6.45) is 4.77. The number of piperidine rings is 1. The van der Waals surface area contributed by atoms with Gasteiger partial charge in [0.05, 0.1) is 0 Å². The lowest BCUT2D eigenvalue weighted by Crippen LogP contribution is -2.46. The molecule has 24 heavy (non-hydrogen) atoms. The number of furan rings is 1. The topological polar surface area (TPSA) is 62.6 Å². The van der Waals surface area contributed by atoms with Gasteiger partial charge in [-0.2, -0.15) is 11.3 Å². The number of halogens is 1. The number of likely N-dealkylation sites (tertiary alicyclic amines) is 1. The van der Waals surface area contributed by atoms with Crippen molar-refractivity contribution in [3.05, 3.63) is 50.1 Å². The molecule has 1 saturated heterocycles. The zero-order chi connectivity index (χ0) is 16.9. The number of carbonyl (C=O) groups is 2. The predicted molar refractivity (Wildman–Crippen MR) is 102 cm³/mol. The Kier molecular flexibility index (Phi) is 5.72. The minimum Gasteiger partial charge on any atom is -0.451 e. The fourth-order valence-electron chi connectivity index (χ4n) is 2.58. The second-order valence-electron chi connectivity index (χ2n) is 5.56. The molecular formula is C17H17IN2O3S. The summed E-state index contributed by atoms with van der Waals surface area (Å²) in [6, 6.07) is 5.63. The highest BCUT2D eigenvalue weighted by atomic mass is 127. The highest BCUT2D eigenvalue weighted by Gasteiger charge is 2.23. The Morgan fingerprint density at radius 3 is 2.71 bits per heavy atom. The molecule has 7 heteroatoms. The molecule has 2 aromatic rings. The molecule has 0 unspecified atom stereocenters. The normalized spacial score (nSPS) is 15.8. The van der Waals surface area contributed by atoms with Crippen molar-refractivity contribution in [1.29, 1.82) is 0 Å². The van der Waals surface area contributed by atoms with Crippen molar-refractivity contribution in [3.8, 4) is 0 Å². The quantitative estimate of drug-likeness (QED) is 0.567. The molecule has 1 aliphatic heterocycles. The number of rotatable bonds is 4. The molecule has 0 aromatic carbocycles. The molecule has 2 aromatic heterocycles. The third-order valence-electron chi connectivity index (χ3n) is 3.91. The van der Waals surface area contributed by atoms with Crippen molar-refractivity contribution in [1.82, 2.24) is 10.2 Å². The molecule has 0 bridgehead atoms. The first-order valence-electron chi connectivity index (χ1n) is 7.67. The fraction of sp³-hybridized carbons (Fsp3) is 0.294. The lowest BCUT2D eigenvalue weighted by atomic mass is 10.0. The molecule has 0 radical (unpaired) electrons. The van der Waals surface area contributed by atoms with Crippen LogP contribution in [0.3, 0.4) is 0 Å². The van der Waals surface area contributed by atoms with E-state index in [9.17, 15) is 9.59 Å². The lowest BCUT2D eigenvalue weighted by Gasteiger charge is -2.31. The van der Waals surface area contributed by atoms with E-state index in [4.69, 9.17) is 4.42 Å². The van der Waals surface area contributed by atoms with Crippen LogP contribution in [0.4, 0.5) is 0 Å². The van der Waals surface area contributed by atoms with Crippen molar-refractivity contribution in [3.63, 3.8) is 0 Å². The first-order chi connectivity index (χ1) is 11.6. The molecule has 0 spiro atoms. The Morgan fingerprint density at radius 2 is 2.08 bits per heavy atom. The molecule has 3 heterocycles. The van der Waals surface area contributed by atoms with Crippen LogP contribution in [-0.2, 0) is 4.79 Å². The third kappa shape index (κ3) is 4.47. The zero-order valence-corrected chi connectivity index (χ0v) is 15.9. The molecule has 0 saturated carbocycles. The Morgan fingerprint density at radius 1 is 1.29 bits per heavy atom. The molecule has 126 valence electrons. The Hall–Kier alpha value is -1.61. The van der Waals surface area contributed by atoms with Crippen LogP contribution in [0.2, 0.25) is 0 Å². The maximum Gasteiger partial charge on any atom is 0.252 e. The number of nitrogens with one attached hydrogen (secondary N) is 1. The fourth-order valence-corrected chi connectivity index (χ4v) is 3.65. The summed E-state index contributed by atoms with van der Waals surface area (Å²) in [6.45, 7) is 1.29. The summed E-state index contributed by atoms with van der Waals surface area (Å²) in [4.78, 5) is 26.1. The average molecular weight is 456 g/mol. The van der Waals surface area contributed by atoms with Gasteiger partial charge in [-0.25, -0.2) is 0 Å². The van der Waals surface area contributed by atoms with Crippen molar-refractivity contribution < 1.29 is 14.0 Å². The van der Waals surface area contributed by atoms with E-state index in [0.717, 1.165) is 16.6 Å². The molecule has 0 atom stereocenters. The van der Waals surface area contributed by atoms with Gasteiger partial charge in [0.2, 0.25) is 5.91 Å². The van der Waals surface area contributed by atoms with Gasteiger partial charge in [-0.15, -0.1) is 0 Å². The first kappa shape index (κ1) is 17.2. The van der Waals surface area contributed by atoms with Crippen molar-refractivity contribution in [2.75, 3.05) is 13.1 Å². The number of thiophene rings is 1. The molecule has 3 rings (SSSR count). The van der Waals surface area contributed by atoms with Crippen molar-refractivity contribution in [2.45, 2.75) is 18.9 Å². The van der Waals surface area contributed by atoms with Gasteiger partial charge in [-0.3, -0.25) is 9.59 Å². The van der Waals surface area contributed by atoms with Crippen LogP contribution in [0.5, 0.6) is 0 Å². The Bertz CT molecular complexity index is 731. The smallest absolute Gasteiger partial charge is 0.252 e. The van der Waals surface area contributed by atoms with E-state index in [-0.39, 0.29) is 17.9 Å². The molecule has 1 fully saturated rings. The van der Waals surface area contributed by atoms with Gasteiger partial charge in [-0.05, 0) is 65.1 Å². The van der Waals surface area contributed by atoms with Crippen LogP contribution in [0, 0.1) is 3.77 Å². The van der Waals surface area contributed by atoms with Gasteiger partial charge >= 0.3 is 0 Å². The molecule has 0 aliphatic carbocycles. The van der Waals surface area contributed by atoms with E-state index in [1.807, 2.05) is 29.0 Å². The van der Waals surface area contributed by atoms with Gasteiger partial charge in [-0.1, -0.05) is 0 Å². The third-order valence-corrected chi connectivity index (χ3v) is 5.17. The monoisotopic (exact) mass is 456 g/mol. The standard InChI is InChI=1S/C17H17IN2O3S/c18-15-3-1-14(23-15)2-4-16(21)20-8-5-13(6-9-20)19-17(22)12-7-10-24-11-12/h1-4,7,10-11,13H,5-6,8-9H2,(H,19,22). The van der Waals surface area contributed by atoms with E-state index in [1.165, 1.54) is 11.3 Å². The number of hydrogen-bond donors (Lipinski definition) is 1. The average Bonchev–Trinajstić information content (AvgIpc) is 3.25. The Balaban J connectivity index is 1.47. The van der Waals surface area contributed by atoms with E-state index in [0.29, 0.717) is 24.4 Å². The van der Waals surface area contributed by atoms with E-state index in [2.05, 4.69) is 27.9 Å². The van der Waals surface area contributed by atoms with E-state index >= 15 is 0 Å². The number of amides is 2. The zero-order valence-electron chi connectivity index (χ0n) is 12.9. The van der Waals surface area contributed by atoms with Gasteiger partial charge in [0.25, 0.3) is 5.91 Å². The predicted octanol–water partition coefficient (Wildman–Crippen LogP) is 3.38. The van der Waals surface area contributed by atoms with E-state index in [1.54, 1.807) is 17.1 Å². The highest BCUT2D eigenvalue weighted by molar-refractivity contribution is 14.1. The van der Waals surface area contributed by atoms with Crippen LogP contribution < -0.4 is 5.32 Å². The summed E-state index contributed by atoms with van der Waals surface area (Å²) >= 11 is 3.60. The maximum atomic E-state index is 12.2. The van der Waals surface area contributed by atoms with Crippen molar-refractivity contribution >= 4 is 51.8 Å². The van der Waals surface area contributed by atoms with Crippen LogP contribution in [0.15, 0.2) is 39.5 Å².